The average Bonchev–Trinajstić information content (AvgIpc) is 2.73. The fourth-order valence-corrected chi connectivity index (χ4v) is 4.72. The van der Waals surface area contributed by atoms with E-state index in [2.05, 4.69) is 10.6 Å². The van der Waals surface area contributed by atoms with Gasteiger partial charge in [0, 0.05) is 24.3 Å². The van der Waals surface area contributed by atoms with Crippen molar-refractivity contribution < 1.29 is 18.0 Å². The van der Waals surface area contributed by atoms with Gasteiger partial charge in [-0.15, -0.1) is 0 Å². The van der Waals surface area contributed by atoms with Crippen molar-refractivity contribution in [3.8, 4) is 0 Å². The summed E-state index contributed by atoms with van der Waals surface area (Å²) in [6, 6.07) is 13.2. The van der Waals surface area contributed by atoms with Gasteiger partial charge in [-0.25, -0.2) is 8.42 Å². The molecular formula is C21H25N3O4S. The highest BCUT2D eigenvalue weighted by Crippen LogP contribution is 2.22. The first-order chi connectivity index (χ1) is 13.9. The second-order valence-corrected chi connectivity index (χ2v) is 9.03. The maximum Gasteiger partial charge on any atom is 0.251 e. The van der Waals surface area contributed by atoms with Crippen molar-refractivity contribution in [1.82, 2.24) is 9.62 Å². The van der Waals surface area contributed by atoms with Crippen LogP contribution in [0.25, 0.3) is 0 Å². The quantitative estimate of drug-likeness (QED) is 0.758. The van der Waals surface area contributed by atoms with Crippen LogP contribution in [0.1, 0.15) is 35.2 Å². The van der Waals surface area contributed by atoms with Gasteiger partial charge in [-0.3, -0.25) is 9.59 Å². The number of aryl methyl sites for hydroxylation is 1. The van der Waals surface area contributed by atoms with Crippen molar-refractivity contribution in [1.29, 1.82) is 0 Å². The molecule has 8 heteroatoms. The van der Waals surface area contributed by atoms with E-state index in [-0.39, 0.29) is 17.3 Å². The molecule has 1 aliphatic rings. The van der Waals surface area contributed by atoms with Gasteiger partial charge in [0.1, 0.15) is 0 Å². The Morgan fingerprint density at radius 3 is 2.38 bits per heavy atom. The van der Waals surface area contributed by atoms with Gasteiger partial charge in [0.2, 0.25) is 15.9 Å². The number of nitrogens with one attached hydrogen (secondary N) is 2. The zero-order chi connectivity index (χ0) is 20.9. The van der Waals surface area contributed by atoms with E-state index >= 15 is 0 Å². The molecule has 3 rings (SSSR count). The third kappa shape index (κ3) is 5.42. The molecule has 2 aromatic rings. The Kier molecular flexibility index (Phi) is 6.66. The van der Waals surface area contributed by atoms with Gasteiger partial charge in [-0.1, -0.05) is 30.2 Å². The first-order valence-electron chi connectivity index (χ1n) is 9.61. The first-order valence-corrected chi connectivity index (χ1v) is 11.1. The van der Waals surface area contributed by atoms with Crippen molar-refractivity contribution >= 4 is 27.5 Å². The summed E-state index contributed by atoms with van der Waals surface area (Å²) in [7, 11) is -3.57. The maximum atomic E-state index is 12.8. The van der Waals surface area contributed by atoms with E-state index < -0.39 is 15.9 Å². The minimum absolute atomic E-state index is 0.154. The van der Waals surface area contributed by atoms with Crippen LogP contribution in [0.15, 0.2) is 53.4 Å². The summed E-state index contributed by atoms with van der Waals surface area (Å²) < 4.78 is 27.0. The minimum atomic E-state index is -3.57. The summed E-state index contributed by atoms with van der Waals surface area (Å²) in [4.78, 5) is 24.4. The van der Waals surface area contributed by atoms with Crippen LogP contribution >= 0.6 is 0 Å². The molecule has 29 heavy (non-hydrogen) atoms. The van der Waals surface area contributed by atoms with Crippen LogP contribution < -0.4 is 10.6 Å². The molecule has 0 aromatic heterocycles. The van der Waals surface area contributed by atoms with E-state index in [1.54, 1.807) is 24.3 Å². The molecule has 0 aliphatic carbocycles. The Morgan fingerprint density at radius 2 is 1.69 bits per heavy atom. The maximum absolute atomic E-state index is 12.8. The molecule has 7 nitrogen and oxygen atoms in total. The summed E-state index contributed by atoms with van der Waals surface area (Å²) in [6.07, 6.45) is 2.75. The summed E-state index contributed by atoms with van der Waals surface area (Å²) in [5, 5.41) is 5.19. The summed E-state index contributed by atoms with van der Waals surface area (Å²) in [5.74, 6) is -0.778. The van der Waals surface area contributed by atoms with Crippen molar-refractivity contribution in [2.24, 2.45) is 0 Å². The van der Waals surface area contributed by atoms with E-state index in [0.717, 1.165) is 24.8 Å². The fourth-order valence-electron chi connectivity index (χ4n) is 3.16. The summed E-state index contributed by atoms with van der Waals surface area (Å²) >= 11 is 0. The lowest BCUT2D eigenvalue weighted by atomic mass is 10.1. The molecule has 1 fully saturated rings. The largest absolute Gasteiger partial charge is 0.343 e. The topological polar surface area (TPSA) is 95.6 Å². The summed E-state index contributed by atoms with van der Waals surface area (Å²) in [5.41, 5.74) is 1.88. The van der Waals surface area contributed by atoms with Gasteiger partial charge < -0.3 is 10.6 Å². The van der Waals surface area contributed by atoms with Gasteiger partial charge in [-0.2, -0.15) is 4.31 Å². The van der Waals surface area contributed by atoms with Gasteiger partial charge in [0.15, 0.2) is 0 Å². The highest BCUT2D eigenvalue weighted by atomic mass is 32.2. The number of nitrogens with zero attached hydrogens (tertiary/aromatic N) is 1. The summed E-state index contributed by atoms with van der Waals surface area (Å²) in [6.45, 7) is 2.75. The zero-order valence-corrected chi connectivity index (χ0v) is 17.2. The number of benzene rings is 2. The van der Waals surface area contributed by atoms with E-state index in [1.807, 2.05) is 19.1 Å². The van der Waals surface area contributed by atoms with Gasteiger partial charge in [0.05, 0.1) is 11.4 Å². The molecule has 0 saturated carbocycles. The standard InChI is InChI=1S/C21H25N3O4S/c1-16-8-10-17(11-9-16)21(26)22-15-20(25)23-18-6-5-7-19(14-18)29(27,28)24-12-3-2-4-13-24/h5-11,14H,2-4,12-13,15H2,1H3,(H,22,26)(H,23,25). The molecule has 0 radical (unpaired) electrons. The number of hydrogen-bond acceptors (Lipinski definition) is 4. The number of rotatable bonds is 6. The van der Waals surface area contributed by atoms with Gasteiger partial charge >= 0.3 is 0 Å². The van der Waals surface area contributed by atoms with Crippen LogP contribution in [0.5, 0.6) is 0 Å². The number of hydrogen-bond donors (Lipinski definition) is 2. The predicted octanol–water partition coefficient (Wildman–Crippen LogP) is 2.54. The average molecular weight is 416 g/mol. The lowest BCUT2D eigenvalue weighted by Crippen LogP contribution is -2.35. The first kappa shape index (κ1) is 21.0. The Balaban J connectivity index is 1.60. The van der Waals surface area contributed by atoms with Crippen molar-refractivity contribution in [2.75, 3.05) is 25.0 Å². The van der Waals surface area contributed by atoms with Crippen LogP contribution in [0.3, 0.4) is 0 Å². The fraction of sp³-hybridized carbons (Fsp3) is 0.333. The molecule has 0 unspecified atom stereocenters. The van der Waals surface area contributed by atoms with Crippen molar-refractivity contribution in [3.05, 3.63) is 59.7 Å². The number of carbonyl (C=O) groups excluding carboxylic acids is 2. The lowest BCUT2D eigenvalue weighted by Gasteiger charge is -2.26. The molecule has 1 saturated heterocycles. The molecule has 1 heterocycles. The smallest absolute Gasteiger partial charge is 0.251 e. The molecule has 0 bridgehead atoms. The van der Waals surface area contributed by atoms with Gasteiger partial charge in [0.25, 0.3) is 5.91 Å². The highest BCUT2D eigenvalue weighted by molar-refractivity contribution is 7.89. The monoisotopic (exact) mass is 415 g/mol. The van der Waals surface area contributed by atoms with Crippen LogP contribution in [0.4, 0.5) is 5.69 Å². The second kappa shape index (κ2) is 9.19. The zero-order valence-electron chi connectivity index (χ0n) is 16.3. The molecular weight excluding hydrogens is 390 g/mol. The molecule has 0 atom stereocenters. The SMILES string of the molecule is Cc1ccc(C(=O)NCC(=O)Nc2cccc(S(=O)(=O)N3CCCCC3)c2)cc1. The Morgan fingerprint density at radius 1 is 1.00 bits per heavy atom. The third-order valence-electron chi connectivity index (χ3n) is 4.79. The number of carbonyl (C=O) groups is 2. The molecule has 2 N–H and O–H groups in total. The van der Waals surface area contributed by atoms with E-state index in [1.165, 1.54) is 16.4 Å². The van der Waals surface area contributed by atoms with Crippen LogP contribution in [0, 0.1) is 6.92 Å². The third-order valence-corrected chi connectivity index (χ3v) is 6.69. The molecule has 0 spiro atoms. The van der Waals surface area contributed by atoms with Crippen LogP contribution in [-0.2, 0) is 14.8 Å². The van der Waals surface area contributed by atoms with Crippen molar-refractivity contribution in [3.63, 3.8) is 0 Å². The van der Waals surface area contributed by atoms with Crippen LogP contribution in [-0.4, -0.2) is 44.2 Å². The lowest BCUT2D eigenvalue weighted by molar-refractivity contribution is -0.115. The minimum Gasteiger partial charge on any atom is -0.343 e. The van der Waals surface area contributed by atoms with Crippen molar-refractivity contribution in [2.45, 2.75) is 31.1 Å². The molecule has 2 aromatic carbocycles. The molecule has 2 amide bonds. The van der Waals surface area contributed by atoms with Gasteiger partial charge in [-0.05, 0) is 50.1 Å². The van der Waals surface area contributed by atoms with E-state index in [0.29, 0.717) is 24.3 Å². The second-order valence-electron chi connectivity index (χ2n) is 7.09. The highest BCUT2D eigenvalue weighted by Gasteiger charge is 2.26. The van der Waals surface area contributed by atoms with E-state index in [9.17, 15) is 18.0 Å². The Labute approximate surface area is 171 Å². The molecule has 1 aliphatic heterocycles. The van der Waals surface area contributed by atoms with E-state index in [4.69, 9.17) is 0 Å². The number of sulfonamides is 1. The Bertz CT molecular complexity index is 981. The number of amides is 2. The Hall–Kier alpha value is -2.71. The normalized spacial score (nSPS) is 14.9. The predicted molar refractivity (Wildman–Crippen MR) is 111 cm³/mol. The molecule has 154 valence electrons. The number of anilines is 1. The number of piperidine rings is 1. The van der Waals surface area contributed by atoms with Crippen LogP contribution in [0.2, 0.25) is 0 Å².